The summed E-state index contributed by atoms with van der Waals surface area (Å²) in [4.78, 5) is 29.6. The van der Waals surface area contributed by atoms with Crippen LogP contribution >= 0.6 is 11.6 Å². The van der Waals surface area contributed by atoms with Gasteiger partial charge in [0.2, 0.25) is 0 Å². The Kier molecular flexibility index (Phi) is 6.69. The van der Waals surface area contributed by atoms with Crippen molar-refractivity contribution in [1.82, 2.24) is 14.5 Å². The van der Waals surface area contributed by atoms with Crippen molar-refractivity contribution >= 4 is 23.7 Å². The second-order valence-corrected chi connectivity index (χ2v) is 8.13. The summed E-state index contributed by atoms with van der Waals surface area (Å²) >= 11 is 6.21. The van der Waals surface area contributed by atoms with E-state index in [0.29, 0.717) is 16.8 Å². The van der Waals surface area contributed by atoms with Gasteiger partial charge in [-0.3, -0.25) is 4.90 Å². The minimum absolute atomic E-state index is 0.0210. The lowest BCUT2D eigenvalue weighted by molar-refractivity contribution is -0.139. The summed E-state index contributed by atoms with van der Waals surface area (Å²) < 4.78 is 41.2. The van der Waals surface area contributed by atoms with Crippen molar-refractivity contribution in [2.24, 2.45) is 7.05 Å². The number of aliphatic carboxylic acids is 1. The molecule has 0 unspecified atom stereocenters. The molecule has 0 saturated carbocycles. The Morgan fingerprint density at radius 1 is 1.24 bits per heavy atom. The van der Waals surface area contributed by atoms with E-state index < -0.39 is 36.3 Å². The Balaban J connectivity index is 1.76. The Bertz CT molecular complexity index is 1250. The predicted molar refractivity (Wildman–Crippen MR) is 117 cm³/mol. The Morgan fingerprint density at radius 3 is 2.74 bits per heavy atom. The summed E-state index contributed by atoms with van der Waals surface area (Å²) in [5, 5.41) is 9.33. The number of hydrogen-bond donors (Lipinski definition) is 1. The first-order valence-corrected chi connectivity index (χ1v) is 10.6. The van der Waals surface area contributed by atoms with Crippen LogP contribution < -0.4 is 4.74 Å². The van der Waals surface area contributed by atoms with E-state index in [1.54, 1.807) is 24.1 Å². The van der Waals surface area contributed by atoms with Crippen molar-refractivity contribution in [3.05, 3.63) is 81.9 Å². The molecule has 1 amide bonds. The molecule has 1 aliphatic rings. The Hall–Kier alpha value is -3.66. The minimum Gasteiger partial charge on any atom is -0.482 e. The topological polar surface area (TPSA) is 93.9 Å². The molecule has 0 aliphatic carbocycles. The maximum atomic E-state index is 14.7. The van der Waals surface area contributed by atoms with Crippen molar-refractivity contribution in [2.75, 3.05) is 13.2 Å². The highest BCUT2D eigenvalue weighted by atomic mass is 35.5. The van der Waals surface area contributed by atoms with Gasteiger partial charge in [0, 0.05) is 24.2 Å². The zero-order chi connectivity index (χ0) is 24.4. The molecule has 11 heteroatoms. The van der Waals surface area contributed by atoms with Gasteiger partial charge in [-0.05, 0) is 41.8 Å². The largest absolute Gasteiger partial charge is 0.482 e. The van der Waals surface area contributed by atoms with Crippen LogP contribution in [0.3, 0.4) is 0 Å². The molecule has 0 fully saturated rings. The minimum atomic E-state index is -1.20. The van der Waals surface area contributed by atoms with Crippen LogP contribution in [-0.4, -0.2) is 44.8 Å². The number of hydrogen-bond acceptors (Lipinski definition) is 5. The van der Waals surface area contributed by atoms with Crippen LogP contribution in [0.1, 0.15) is 28.4 Å². The number of carboxylic acids is 1. The molecule has 1 aromatic heterocycles. The molecular formula is C23H20ClF2N3O5. The van der Waals surface area contributed by atoms with Crippen molar-refractivity contribution in [3.63, 3.8) is 0 Å². The molecule has 1 N–H and O–H groups in total. The molecule has 0 spiro atoms. The third-order valence-electron chi connectivity index (χ3n) is 5.55. The van der Waals surface area contributed by atoms with Crippen LogP contribution in [0.5, 0.6) is 5.75 Å². The van der Waals surface area contributed by atoms with Crippen LogP contribution in [0.15, 0.2) is 42.9 Å². The van der Waals surface area contributed by atoms with Gasteiger partial charge in [-0.1, -0.05) is 17.7 Å². The van der Waals surface area contributed by atoms with Crippen LogP contribution in [0.2, 0.25) is 5.02 Å². The average Bonchev–Trinajstić information content (AvgIpc) is 3.22. The van der Waals surface area contributed by atoms with E-state index in [2.05, 4.69) is 4.98 Å². The fourth-order valence-electron chi connectivity index (χ4n) is 3.93. The zero-order valence-electron chi connectivity index (χ0n) is 18.0. The summed E-state index contributed by atoms with van der Waals surface area (Å²) in [6.45, 7) is -0.675. The SMILES string of the molecule is Cn1cncc1COC(=O)N1CCc2c(ccc(F)c2F)[C@H]1c1cc(Cl)ccc1OCC(=O)O. The fourth-order valence-corrected chi connectivity index (χ4v) is 4.11. The van der Waals surface area contributed by atoms with E-state index in [9.17, 15) is 18.4 Å². The first kappa shape index (κ1) is 23.5. The summed E-state index contributed by atoms with van der Waals surface area (Å²) in [6, 6.07) is 5.88. The third-order valence-corrected chi connectivity index (χ3v) is 5.79. The summed E-state index contributed by atoms with van der Waals surface area (Å²) in [7, 11) is 1.76. The Morgan fingerprint density at radius 2 is 2.03 bits per heavy atom. The van der Waals surface area contributed by atoms with Gasteiger partial charge in [0.25, 0.3) is 0 Å². The highest BCUT2D eigenvalue weighted by molar-refractivity contribution is 6.30. The van der Waals surface area contributed by atoms with E-state index in [0.717, 1.165) is 6.07 Å². The van der Waals surface area contributed by atoms with Gasteiger partial charge in [0.15, 0.2) is 18.2 Å². The number of ether oxygens (including phenoxy) is 2. The van der Waals surface area contributed by atoms with E-state index in [4.69, 9.17) is 26.2 Å². The van der Waals surface area contributed by atoms with Crippen LogP contribution in [-0.2, 0) is 29.6 Å². The molecule has 2 heterocycles. The maximum Gasteiger partial charge on any atom is 0.410 e. The maximum absolute atomic E-state index is 14.7. The van der Waals surface area contributed by atoms with E-state index in [1.165, 1.54) is 29.2 Å². The van der Waals surface area contributed by atoms with Gasteiger partial charge in [-0.2, -0.15) is 0 Å². The highest BCUT2D eigenvalue weighted by Gasteiger charge is 2.37. The fraction of sp³-hybridized carbons (Fsp3) is 0.261. The van der Waals surface area contributed by atoms with Crippen LogP contribution in [0, 0.1) is 11.6 Å². The van der Waals surface area contributed by atoms with Crippen molar-refractivity contribution < 1.29 is 33.0 Å². The number of aromatic nitrogens is 2. The second-order valence-electron chi connectivity index (χ2n) is 7.69. The standard InChI is InChI=1S/C23H20ClF2N3O5/c1-28-12-27-9-14(28)10-34-23(32)29-7-6-15-16(3-4-18(25)21(15)26)22(29)17-8-13(24)2-5-19(17)33-11-20(30)31/h2-5,8-9,12,22H,6-7,10-11H2,1H3,(H,30,31)/t22-/m0/s1. The number of fused-ring (bicyclic) bond motifs is 1. The van der Waals surface area contributed by atoms with E-state index in [1.807, 2.05) is 0 Å². The number of nitrogens with zero attached hydrogens (tertiary/aromatic N) is 3. The van der Waals surface area contributed by atoms with E-state index in [-0.39, 0.29) is 35.9 Å². The van der Waals surface area contributed by atoms with Gasteiger partial charge >= 0.3 is 12.1 Å². The predicted octanol–water partition coefficient (Wildman–Crippen LogP) is 4.10. The first-order valence-electron chi connectivity index (χ1n) is 10.3. The molecule has 2 aromatic carbocycles. The number of rotatable bonds is 6. The molecule has 0 bridgehead atoms. The van der Waals surface area contributed by atoms with Crippen molar-refractivity contribution in [3.8, 4) is 5.75 Å². The van der Waals surface area contributed by atoms with Crippen molar-refractivity contribution in [2.45, 2.75) is 19.1 Å². The number of carbonyl (C=O) groups excluding carboxylic acids is 1. The van der Waals surface area contributed by atoms with E-state index >= 15 is 0 Å². The first-order chi connectivity index (χ1) is 16.3. The summed E-state index contributed by atoms with van der Waals surface area (Å²) in [6.07, 6.45) is 2.48. The quantitative estimate of drug-likeness (QED) is 0.558. The molecule has 4 rings (SSSR count). The highest BCUT2D eigenvalue weighted by Crippen LogP contribution is 2.41. The second kappa shape index (κ2) is 9.68. The molecule has 34 heavy (non-hydrogen) atoms. The molecule has 1 aliphatic heterocycles. The zero-order valence-corrected chi connectivity index (χ0v) is 18.8. The number of aryl methyl sites for hydroxylation is 1. The number of benzene rings is 2. The lowest BCUT2D eigenvalue weighted by Crippen LogP contribution is -2.41. The molecule has 0 radical (unpaired) electrons. The van der Waals surface area contributed by atoms with Gasteiger partial charge < -0.3 is 19.1 Å². The van der Waals surface area contributed by atoms with Gasteiger partial charge in [0.05, 0.1) is 24.3 Å². The van der Waals surface area contributed by atoms with Gasteiger partial charge in [-0.25, -0.2) is 23.4 Å². The van der Waals surface area contributed by atoms with Crippen molar-refractivity contribution in [1.29, 1.82) is 0 Å². The number of amides is 1. The molecule has 8 nitrogen and oxygen atoms in total. The lowest BCUT2D eigenvalue weighted by Gasteiger charge is -2.37. The smallest absolute Gasteiger partial charge is 0.410 e. The molecule has 178 valence electrons. The summed E-state index contributed by atoms with van der Waals surface area (Å²) in [5.74, 6) is -3.07. The van der Waals surface area contributed by atoms with Crippen LogP contribution in [0.25, 0.3) is 0 Å². The average molecular weight is 492 g/mol. The lowest BCUT2D eigenvalue weighted by atomic mass is 9.87. The number of carbonyl (C=O) groups is 2. The molecule has 1 atom stereocenters. The number of halogens is 3. The van der Waals surface area contributed by atoms with Gasteiger partial charge in [0.1, 0.15) is 12.4 Å². The Labute approximate surface area is 198 Å². The van der Waals surface area contributed by atoms with Gasteiger partial charge in [-0.15, -0.1) is 0 Å². The molecular weight excluding hydrogens is 472 g/mol. The monoisotopic (exact) mass is 491 g/mol. The normalized spacial score (nSPS) is 15.1. The summed E-state index contributed by atoms with van der Waals surface area (Å²) in [5.41, 5.74) is 1.41. The van der Waals surface area contributed by atoms with Crippen LogP contribution in [0.4, 0.5) is 13.6 Å². The molecule has 3 aromatic rings. The third kappa shape index (κ3) is 4.67. The number of carboxylic acid groups (broad SMARTS) is 1. The molecule has 0 saturated heterocycles. The number of imidazole rings is 1.